The molecule has 3 rings (SSSR count). The zero-order valence-corrected chi connectivity index (χ0v) is 14.4. The van der Waals surface area contributed by atoms with Crippen molar-refractivity contribution in [1.29, 1.82) is 0 Å². The number of hydrogen-bond donors (Lipinski definition) is 1. The van der Waals surface area contributed by atoms with E-state index in [0.717, 1.165) is 9.86 Å². The minimum Gasteiger partial charge on any atom is -0.493 e. The number of carbonyl (C=O) groups is 1. The van der Waals surface area contributed by atoms with Gasteiger partial charge in [-0.3, -0.25) is 4.79 Å². The third kappa shape index (κ3) is 3.24. The largest absolute Gasteiger partial charge is 0.493 e. The van der Waals surface area contributed by atoms with Gasteiger partial charge in [-0.05, 0) is 37.3 Å². The van der Waals surface area contributed by atoms with E-state index in [2.05, 4.69) is 21.2 Å². The molecule has 0 aliphatic rings. The third-order valence-corrected chi connectivity index (χ3v) is 4.10. The molecule has 23 heavy (non-hydrogen) atoms. The van der Waals surface area contributed by atoms with Crippen molar-refractivity contribution in [3.63, 3.8) is 0 Å². The highest BCUT2D eigenvalue weighted by Crippen LogP contribution is 2.30. The molecule has 0 fully saturated rings. The maximum Gasteiger partial charge on any atom is 0.251 e. The first-order valence-corrected chi connectivity index (χ1v) is 8.00. The molecule has 2 aromatic carbocycles. The Bertz CT molecular complexity index is 856. The topological polar surface area (TPSA) is 51.5 Å². The smallest absolute Gasteiger partial charge is 0.251 e. The molecular weight excluding hydrogens is 358 g/mol. The van der Waals surface area contributed by atoms with Crippen molar-refractivity contribution in [2.24, 2.45) is 0 Å². The summed E-state index contributed by atoms with van der Waals surface area (Å²) in [5, 5.41) is 3.89. The van der Waals surface area contributed by atoms with Gasteiger partial charge in [-0.15, -0.1) is 0 Å². The van der Waals surface area contributed by atoms with Crippen LogP contribution in [0.3, 0.4) is 0 Å². The quantitative estimate of drug-likeness (QED) is 0.721. The van der Waals surface area contributed by atoms with Crippen LogP contribution in [0.2, 0.25) is 0 Å². The van der Waals surface area contributed by atoms with Crippen molar-refractivity contribution in [1.82, 2.24) is 5.32 Å². The van der Waals surface area contributed by atoms with Crippen LogP contribution in [0.1, 0.15) is 29.1 Å². The summed E-state index contributed by atoms with van der Waals surface area (Å²) in [6, 6.07) is 14.6. The number of hydrogen-bond acceptors (Lipinski definition) is 3. The van der Waals surface area contributed by atoms with Crippen LogP contribution in [-0.4, -0.2) is 13.0 Å². The van der Waals surface area contributed by atoms with Gasteiger partial charge in [-0.2, -0.15) is 0 Å². The third-order valence-electron chi connectivity index (χ3n) is 3.61. The van der Waals surface area contributed by atoms with Crippen molar-refractivity contribution < 1.29 is 13.9 Å². The van der Waals surface area contributed by atoms with Crippen LogP contribution in [0.25, 0.3) is 11.0 Å². The summed E-state index contributed by atoms with van der Waals surface area (Å²) in [5.41, 5.74) is 1.29. The van der Waals surface area contributed by atoms with Gasteiger partial charge in [-0.25, -0.2) is 0 Å². The molecule has 118 valence electrons. The van der Waals surface area contributed by atoms with Crippen molar-refractivity contribution >= 4 is 32.8 Å². The zero-order valence-electron chi connectivity index (χ0n) is 12.8. The SMILES string of the molecule is COc1cccc2cc(C(C)NC(=O)c3cccc(Br)c3)oc12. The molecule has 0 saturated heterocycles. The number of ether oxygens (including phenoxy) is 1. The molecule has 0 saturated carbocycles. The normalized spacial score (nSPS) is 12.1. The average molecular weight is 374 g/mol. The fraction of sp³-hybridized carbons (Fsp3) is 0.167. The molecule has 1 heterocycles. The van der Waals surface area contributed by atoms with E-state index >= 15 is 0 Å². The summed E-state index contributed by atoms with van der Waals surface area (Å²) in [6.07, 6.45) is 0. The second kappa shape index (κ2) is 6.46. The van der Waals surface area contributed by atoms with E-state index in [0.29, 0.717) is 22.7 Å². The number of fused-ring (bicyclic) bond motifs is 1. The first kappa shape index (κ1) is 15.6. The molecule has 1 aromatic heterocycles. The Morgan fingerprint density at radius 2 is 2.00 bits per heavy atom. The molecular formula is C18H16BrNO3. The molecule has 1 N–H and O–H groups in total. The van der Waals surface area contributed by atoms with E-state index < -0.39 is 0 Å². The minimum absolute atomic E-state index is 0.147. The highest BCUT2D eigenvalue weighted by molar-refractivity contribution is 9.10. The lowest BCUT2D eigenvalue weighted by atomic mass is 10.1. The maximum absolute atomic E-state index is 12.3. The van der Waals surface area contributed by atoms with Crippen LogP contribution in [0, 0.1) is 0 Å². The average Bonchev–Trinajstić information content (AvgIpc) is 2.99. The van der Waals surface area contributed by atoms with Gasteiger partial charge in [0.2, 0.25) is 0 Å². The first-order chi connectivity index (χ1) is 11.1. The zero-order chi connectivity index (χ0) is 16.4. The van der Waals surface area contributed by atoms with E-state index in [4.69, 9.17) is 9.15 Å². The molecule has 4 nitrogen and oxygen atoms in total. The number of methoxy groups -OCH3 is 1. The van der Waals surface area contributed by atoms with Crippen molar-refractivity contribution in [2.75, 3.05) is 7.11 Å². The van der Waals surface area contributed by atoms with Crippen LogP contribution in [-0.2, 0) is 0 Å². The Labute approximate surface area is 142 Å². The Morgan fingerprint density at radius 3 is 2.74 bits per heavy atom. The van der Waals surface area contributed by atoms with E-state index in [1.54, 1.807) is 19.2 Å². The van der Waals surface area contributed by atoms with E-state index in [1.165, 1.54) is 0 Å². The van der Waals surface area contributed by atoms with Gasteiger partial charge in [0.1, 0.15) is 5.76 Å². The van der Waals surface area contributed by atoms with Gasteiger partial charge in [0.05, 0.1) is 13.2 Å². The van der Waals surface area contributed by atoms with Gasteiger partial charge >= 0.3 is 0 Å². The van der Waals surface area contributed by atoms with Crippen LogP contribution < -0.4 is 10.1 Å². The predicted octanol–water partition coefficient (Wildman–Crippen LogP) is 4.69. The maximum atomic E-state index is 12.3. The number of benzene rings is 2. The molecule has 5 heteroatoms. The lowest BCUT2D eigenvalue weighted by Crippen LogP contribution is -2.26. The number of halogens is 1. The molecule has 0 bridgehead atoms. The van der Waals surface area contributed by atoms with Crippen LogP contribution in [0.4, 0.5) is 0 Å². The molecule has 0 aliphatic heterocycles. The molecule has 0 spiro atoms. The second-order valence-corrected chi connectivity index (χ2v) is 6.15. The number of rotatable bonds is 4. The van der Waals surface area contributed by atoms with E-state index in [9.17, 15) is 4.79 Å². The first-order valence-electron chi connectivity index (χ1n) is 7.21. The molecule has 3 aromatic rings. The van der Waals surface area contributed by atoms with Gasteiger partial charge in [-0.1, -0.05) is 34.1 Å². The summed E-state index contributed by atoms with van der Waals surface area (Å²) in [5.74, 6) is 1.22. The fourth-order valence-electron chi connectivity index (χ4n) is 2.41. The molecule has 1 atom stereocenters. The standard InChI is InChI=1S/C18H16BrNO3/c1-11(20-18(21)13-6-3-7-14(19)9-13)16-10-12-5-4-8-15(22-2)17(12)23-16/h3-11H,1-2H3,(H,20,21). The number of furan rings is 1. The van der Waals surface area contributed by atoms with Gasteiger partial charge in [0, 0.05) is 15.4 Å². The fourth-order valence-corrected chi connectivity index (χ4v) is 2.81. The summed E-state index contributed by atoms with van der Waals surface area (Å²) < 4.78 is 12.0. The predicted molar refractivity (Wildman–Crippen MR) is 92.8 cm³/mol. The number of amides is 1. The highest BCUT2D eigenvalue weighted by Gasteiger charge is 2.17. The molecule has 0 radical (unpaired) electrons. The van der Waals surface area contributed by atoms with Crippen LogP contribution >= 0.6 is 15.9 Å². The summed E-state index contributed by atoms with van der Waals surface area (Å²) in [4.78, 5) is 12.3. The summed E-state index contributed by atoms with van der Waals surface area (Å²) in [7, 11) is 1.61. The number of para-hydroxylation sites is 1. The van der Waals surface area contributed by atoms with Crippen molar-refractivity contribution in [3.8, 4) is 5.75 Å². The summed E-state index contributed by atoms with van der Waals surface area (Å²) >= 11 is 3.37. The minimum atomic E-state index is -0.251. The van der Waals surface area contributed by atoms with E-state index in [-0.39, 0.29) is 11.9 Å². The number of nitrogens with one attached hydrogen (secondary N) is 1. The Balaban J connectivity index is 1.83. The van der Waals surface area contributed by atoms with E-state index in [1.807, 2.05) is 43.3 Å². The second-order valence-electron chi connectivity index (χ2n) is 5.23. The lowest BCUT2D eigenvalue weighted by Gasteiger charge is -2.11. The lowest BCUT2D eigenvalue weighted by molar-refractivity contribution is 0.0935. The van der Waals surface area contributed by atoms with Gasteiger partial charge in [0.15, 0.2) is 11.3 Å². The Hall–Kier alpha value is -2.27. The van der Waals surface area contributed by atoms with Gasteiger partial charge in [0.25, 0.3) is 5.91 Å². The molecule has 1 amide bonds. The van der Waals surface area contributed by atoms with Crippen molar-refractivity contribution in [2.45, 2.75) is 13.0 Å². The molecule has 1 unspecified atom stereocenters. The monoisotopic (exact) mass is 373 g/mol. The highest BCUT2D eigenvalue weighted by atomic mass is 79.9. The Morgan fingerprint density at radius 1 is 1.22 bits per heavy atom. The van der Waals surface area contributed by atoms with Crippen molar-refractivity contribution in [3.05, 3.63) is 64.3 Å². The Kier molecular flexibility index (Phi) is 4.39. The number of carbonyl (C=O) groups excluding carboxylic acids is 1. The summed E-state index contributed by atoms with van der Waals surface area (Å²) in [6.45, 7) is 1.89. The van der Waals surface area contributed by atoms with Crippen LogP contribution in [0.15, 0.2) is 57.4 Å². The van der Waals surface area contributed by atoms with Crippen LogP contribution in [0.5, 0.6) is 5.75 Å². The van der Waals surface area contributed by atoms with Gasteiger partial charge < -0.3 is 14.5 Å². The molecule has 0 aliphatic carbocycles.